The fraction of sp³-hybridized carbons (Fsp3) is 0.300. The van der Waals surface area contributed by atoms with E-state index in [1.807, 2.05) is 0 Å². The van der Waals surface area contributed by atoms with E-state index in [1.54, 1.807) is 19.1 Å². The predicted molar refractivity (Wildman–Crippen MR) is 54.0 cm³/mol. The van der Waals surface area contributed by atoms with Crippen molar-refractivity contribution in [3.63, 3.8) is 0 Å². The number of aldehydes is 1. The number of hydrogen-bond acceptors (Lipinski definition) is 3. The van der Waals surface area contributed by atoms with Gasteiger partial charge in [0.05, 0.1) is 11.7 Å². The van der Waals surface area contributed by atoms with Crippen molar-refractivity contribution in [1.82, 2.24) is 0 Å². The highest BCUT2D eigenvalue weighted by atomic mass is 35.5. The zero-order valence-corrected chi connectivity index (χ0v) is 8.49. The first-order valence-corrected chi connectivity index (χ1v) is 4.57. The lowest BCUT2D eigenvalue weighted by molar-refractivity contribution is 0.109. The molecule has 0 aliphatic carbocycles. The van der Waals surface area contributed by atoms with Crippen LogP contribution in [0.1, 0.15) is 17.3 Å². The van der Waals surface area contributed by atoms with Crippen LogP contribution in [0.25, 0.3) is 0 Å². The summed E-state index contributed by atoms with van der Waals surface area (Å²) in [6.45, 7) is 1.76. The Hall–Kier alpha value is -1.06. The third-order valence-electron chi connectivity index (χ3n) is 1.58. The lowest BCUT2D eigenvalue weighted by Crippen LogP contribution is -2.13. The van der Waals surface area contributed by atoms with Crippen molar-refractivity contribution in [2.75, 3.05) is 6.61 Å². The second-order valence-electron chi connectivity index (χ2n) is 2.96. The Bertz CT molecular complexity index is 323. The number of rotatable bonds is 4. The number of carbonyl (C=O) groups is 1. The average molecular weight is 215 g/mol. The molecule has 0 aliphatic rings. The van der Waals surface area contributed by atoms with Crippen LogP contribution in [0.3, 0.4) is 0 Å². The van der Waals surface area contributed by atoms with Crippen LogP contribution in [0.5, 0.6) is 5.75 Å². The van der Waals surface area contributed by atoms with E-state index in [4.69, 9.17) is 21.4 Å². The number of aliphatic hydroxyl groups excluding tert-OH is 1. The maximum atomic E-state index is 10.6. The van der Waals surface area contributed by atoms with Crippen molar-refractivity contribution in [2.24, 2.45) is 0 Å². The minimum atomic E-state index is -0.565. The lowest BCUT2D eigenvalue weighted by atomic mass is 10.2. The fourth-order valence-electron chi connectivity index (χ4n) is 0.953. The second kappa shape index (κ2) is 4.98. The van der Waals surface area contributed by atoms with Crippen LogP contribution in [-0.2, 0) is 0 Å². The number of carbonyl (C=O) groups excluding carboxylic acids is 1. The molecule has 0 aromatic heterocycles. The largest absolute Gasteiger partial charge is 0.490 e. The number of benzene rings is 1. The van der Waals surface area contributed by atoms with E-state index < -0.39 is 6.10 Å². The highest BCUT2D eigenvalue weighted by Gasteiger charge is 2.04. The van der Waals surface area contributed by atoms with E-state index in [9.17, 15) is 4.79 Å². The van der Waals surface area contributed by atoms with Gasteiger partial charge in [-0.15, -0.1) is 0 Å². The Labute approximate surface area is 87.3 Å². The van der Waals surface area contributed by atoms with Gasteiger partial charge in [0.1, 0.15) is 12.4 Å². The lowest BCUT2D eigenvalue weighted by Gasteiger charge is -2.09. The maximum absolute atomic E-state index is 10.6. The van der Waals surface area contributed by atoms with E-state index in [0.29, 0.717) is 22.6 Å². The molecular formula is C10H11ClO3. The second-order valence-corrected chi connectivity index (χ2v) is 3.40. The van der Waals surface area contributed by atoms with E-state index in [1.165, 1.54) is 6.07 Å². The molecule has 1 N–H and O–H groups in total. The molecule has 1 aromatic rings. The molecule has 0 fully saturated rings. The predicted octanol–water partition coefficient (Wildman–Crippen LogP) is 1.91. The van der Waals surface area contributed by atoms with Crippen molar-refractivity contribution in [3.05, 3.63) is 28.8 Å². The molecule has 1 unspecified atom stereocenters. The van der Waals surface area contributed by atoms with Crippen LogP contribution in [0, 0.1) is 0 Å². The maximum Gasteiger partial charge on any atom is 0.153 e. The molecular weight excluding hydrogens is 204 g/mol. The summed E-state index contributed by atoms with van der Waals surface area (Å²) in [4.78, 5) is 10.6. The van der Waals surface area contributed by atoms with Gasteiger partial charge in [-0.2, -0.15) is 0 Å². The van der Waals surface area contributed by atoms with Gasteiger partial charge in [0.15, 0.2) is 6.29 Å². The Morgan fingerprint density at radius 1 is 1.64 bits per heavy atom. The normalized spacial score (nSPS) is 12.2. The zero-order valence-electron chi connectivity index (χ0n) is 7.74. The van der Waals surface area contributed by atoms with E-state index in [2.05, 4.69) is 0 Å². The number of aliphatic hydroxyl groups is 1. The highest BCUT2D eigenvalue weighted by Crippen LogP contribution is 2.21. The molecule has 0 aliphatic heterocycles. The van der Waals surface area contributed by atoms with Gasteiger partial charge < -0.3 is 9.84 Å². The van der Waals surface area contributed by atoms with Crippen LogP contribution in [0.15, 0.2) is 18.2 Å². The molecule has 0 spiro atoms. The summed E-state index contributed by atoms with van der Waals surface area (Å²) in [5.41, 5.74) is 0.387. The van der Waals surface area contributed by atoms with Crippen molar-refractivity contribution in [2.45, 2.75) is 13.0 Å². The van der Waals surface area contributed by atoms with Gasteiger partial charge in [0.2, 0.25) is 0 Å². The van der Waals surface area contributed by atoms with Crippen molar-refractivity contribution in [3.8, 4) is 5.75 Å². The summed E-state index contributed by atoms with van der Waals surface area (Å²) in [6.07, 6.45) is 0.105. The van der Waals surface area contributed by atoms with Crippen molar-refractivity contribution < 1.29 is 14.6 Å². The van der Waals surface area contributed by atoms with Crippen molar-refractivity contribution >= 4 is 17.9 Å². The van der Waals surface area contributed by atoms with Crippen LogP contribution >= 0.6 is 11.6 Å². The molecule has 0 heterocycles. The average Bonchev–Trinajstić information content (AvgIpc) is 2.15. The first-order valence-electron chi connectivity index (χ1n) is 4.19. The molecule has 0 bridgehead atoms. The highest BCUT2D eigenvalue weighted by molar-refractivity contribution is 6.30. The molecule has 1 atom stereocenters. The minimum absolute atomic E-state index is 0.155. The molecule has 0 radical (unpaired) electrons. The topological polar surface area (TPSA) is 46.5 Å². The molecule has 0 saturated carbocycles. The molecule has 4 heteroatoms. The quantitative estimate of drug-likeness (QED) is 0.779. The van der Waals surface area contributed by atoms with E-state index >= 15 is 0 Å². The van der Waals surface area contributed by atoms with Crippen LogP contribution < -0.4 is 4.74 Å². The van der Waals surface area contributed by atoms with Gasteiger partial charge in [-0.05, 0) is 25.1 Å². The molecule has 3 nitrogen and oxygen atoms in total. The van der Waals surface area contributed by atoms with Gasteiger partial charge in [0.25, 0.3) is 0 Å². The number of hydrogen-bond donors (Lipinski definition) is 1. The van der Waals surface area contributed by atoms with E-state index in [0.717, 1.165) is 0 Å². The molecule has 1 aromatic carbocycles. The van der Waals surface area contributed by atoms with Crippen LogP contribution in [0.4, 0.5) is 0 Å². The first-order chi connectivity index (χ1) is 6.63. The molecule has 14 heavy (non-hydrogen) atoms. The molecule has 0 saturated heterocycles. The first kappa shape index (κ1) is 11.0. The smallest absolute Gasteiger partial charge is 0.153 e. The summed E-state index contributed by atoms with van der Waals surface area (Å²) in [5, 5.41) is 9.48. The molecule has 0 amide bonds. The van der Waals surface area contributed by atoms with Crippen LogP contribution in [-0.4, -0.2) is 24.1 Å². The van der Waals surface area contributed by atoms with Gasteiger partial charge in [-0.1, -0.05) is 11.6 Å². The summed E-state index contributed by atoms with van der Waals surface area (Å²) >= 11 is 5.69. The molecule has 1 rings (SSSR count). The number of ether oxygens (including phenoxy) is 1. The zero-order chi connectivity index (χ0) is 10.6. The Balaban J connectivity index is 2.80. The Morgan fingerprint density at radius 3 is 2.93 bits per heavy atom. The minimum Gasteiger partial charge on any atom is -0.490 e. The summed E-state index contributed by atoms with van der Waals surface area (Å²) in [6, 6.07) is 4.76. The number of halogens is 1. The van der Waals surface area contributed by atoms with Gasteiger partial charge in [0, 0.05) is 5.02 Å². The SMILES string of the molecule is CC(O)COc1ccc(Cl)cc1C=O. The Morgan fingerprint density at radius 2 is 2.36 bits per heavy atom. The monoisotopic (exact) mass is 214 g/mol. The summed E-state index contributed by atoms with van der Waals surface area (Å²) in [5.74, 6) is 0.435. The van der Waals surface area contributed by atoms with Gasteiger partial charge >= 0.3 is 0 Å². The fourth-order valence-corrected chi connectivity index (χ4v) is 1.13. The standard InChI is InChI=1S/C10H11ClO3/c1-7(13)6-14-10-3-2-9(11)4-8(10)5-12/h2-5,7,13H,6H2,1H3. The van der Waals surface area contributed by atoms with Crippen LogP contribution in [0.2, 0.25) is 5.02 Å². The van der Waals surface area contributed by atoms with Gasteiger partial charge in [-0.3, -0.25) is 4.79 Å². The third-order valence-corrected chi connectivity index (χ3v) is 1.81. The van der Waals surface area contributed by atoms with Crippen molar-refractivity contribution in [1.29, 1.82) is 0 Å². The molecule has 76 valence electrons. The third kappa shape index (κ3) is 3.01. The summed E-state index contributed by atoms with van der Waals surface area (Å²) in [7, 11) is 0. The Kier molecular flexibility index (Phi) is 3.92. The van der Waals surface area contributed by atoms with Gasteiger partial charge in [-0.25, -0.2) is 0 Å². The summed E-state index contributed by atoms with van der Waals surface area (Å²) < 4.78 is 5.20. The van der Waals surface area contributed by atoms with E-state index in [-0.39, 0.29) is 6.61 Å².